The Morgan fingerprint density at radius 1 is 1.52 bits per heavy atom. The summed E-state index contributed by atoms with van der Waals surface area (Å²) in [6.45, 7) is 5.63. The van der Waals surface area contributed by atoms with Gasteiger partial charge >= 0.3 is 5.97 Å². The van der Waals surface area contributed by atoms with Crippen LogP contribution >= 0.6 is 0 Å². The second-order valence-corrected chi connectivity index (χ2v) is 5.63. The molecule has 1 saturated carbocycles. The molecule has 21 heavy (non-hydrogen) atoms. The quantitative estimate of drug-likeness (QED) is 0.251. The normalized spacial score (nSPS) is 23.4. The molecule has 0 radical (unpaired) electrons. The maximum absolute atomic E-state index is 12.0. The molecule has 2 atom stereocenters. The van der Waals surface area contributed by atoms with Gasteiger partial charge in [0.15, 0.2) is 0 Å². The highest BCUT2D eigenvalue weighted by molar-refractivity contribution is 5.90. The molecule has 1 aromatic carbocycles. The molecule has 0 aromatic heterocycles. The maximum atomic E-state index is 12.0. The average molecular weight is 289 g/mol. The van der Waals surface area contributed by atoms with Crippen molar-refractivity contribution >= 4 is 11.7 Å². The predicted octanol–water partition coefficient (Wildman–Crippen LogP) is 3.89. The average Bonchev–Trinajstić information content (AvgIpc) is 3.09. The standard InChI is InChI=1S/C16H19NO4/c1-3-4-5-6-13-11-16(13,2)21-15(18)12-7-9-14(10-8-12)17(19)20/h3,7-10,13H,1,4-6,11H2,2H3/t13-,16-/m0/s1. The third kappa shape index (κ3) is 3.68. The van der Waals surface area contributed by atoms with Crippen LogP contribution in [0.5, 0.6) is 0 Å². The SMILES string of the molecule is C=CCCC[C@H]1C[C@]1(C)OC(=O)c1ccc([N+](=O)[O-])cc1. The largest absolute Gasteiger partial charge is 0.455 e. The molecule has 0 spiro atoms. The lowest BCUT2D eigenvalue weighted by atomic mass is 10.1. The van der Waals surface area contributed by atoms with Gasteiger partial charge in [-0.3, -0.25) is 10.1 Å². The lowest BCUT2D eigenvalue weighted by Crippen LogP contribution is -2.18. The van der Waals surface area contributed by atoms with Gasteiger partial charge in [-0.2, -0.15) is 0 Å². The number of hydrogen-bond donors (Lipinski definition) is 0. The van der Waals surface area contributed by atoms with E-state index in [0.29, 0.717) is 11.5 Å². The van der Waals surface area contributed by atoms with E-state index in [0.717, 1.165) is 25.7 Å². The number of nitrogens with zero attached hydrogens (tertiary/aromatic N) is 1. The van der Waals surface area contributed by atoms with Gasteiger partial charge in [0.05, 0.1) is 10.5 Å². The van der Waals surface area contributed by atoms with Gasteiger partial charge in [-0.1, -0.05) is 6.08 Å². The fourth-order valence-electron chi connectivity index (χ4n) is 2.46. The number of carbonyl (C=O) groups is 1. The Morgan fingerprint density at radius 2 is 2.19 bits per heavy atom. The molecule has 0 aliphatic heterocycles. The van der Waals surface area contributed by atoms with Crippen LogP contribution in [0.2, 0.25) is 0 Å². The molecule has 2 rings (SSSR count). The molecule has 1 aliphatic rings. The molecule has 1 fully saturated rings. The van der Waals surface area contributed by atoms with Crippen molar-refractivity contribution in [2.45, 2.75) is 38.2 Å². The number of hydrogen-bond acceptors (Lipinski definition) is 4. The first-order chi connectivity index (χ1) is 9.96. The molecule has 0 unspecified atom stereocenters. The van der Waals surface area contributed by atoms with Gasteiger partial charge < -0.3 is 4.74 Å². The molecular weight excluding hydrogens is 270 g/mol. The Balaban J connectivity index is 1.90. The van der Waals surface area contributed by atoms with E-state index in [4.69, 9.17) is 4.74 Å². The maximum Gasteiger partial charge on any atom is 0.338 e. The highest BCUT2D eigenvalue weighted by Gasteiger charge is 2.53. The molecular formula is C16H19NO4. The first-order valence-electron chi connectivity index (χ1n) is 7.05. The van der Waals surface area contributed by atoms with Gasteiger partial charge in [0, 0.05) is 18.1 Å². The van der Waals surface area contributed by atoms with Gasteiger partial charge in [-0.05, 0) is 44.7 Å². The van der Waals surface area contributed by atoms with E-state index in [1.54, 1.807) is 0 Å². The summed E-state index contributed by atoms with van der Waals surface area (Å²) in [6, 6.07) is 5.48. The van der Waals surface area contributed by atoms with E-state index in [1.165, 1.54) is 24.3 Å². The number of esters is 1. The first-order valence-corrected chi connectivity index (χ1v) is 7.05. The highest BCUT2D eigenvalue weighted by atomic mass is 16.6. The first kappa shape index (κ1) is 15.2. The lowest BCUT2D eigenvalue weighted by Gasteiger charge is -2.13. The third-order valence-corrected chi connectivity index (χ3v) is 3.96. The van der Waals surface area contributed by atoms with Crippen molar-refractivity contribution in [1.29, 1.82) is 0 Å². The Hall–Kier alpha value is -2.17. The summed E-state index contributed by atoms with van der Waals surface area (Å²) >= 11 is 0. The second kappa shape index (κ2) is 6.08. The van der Waals surface area contributed by atoms with Gasteiger partial charge in [0.1, 0.15) is 5.60 Å². The summed E-state index contributed by atoms with van der Waals surface area (Å²) in [7, 11) is 0. The number of allylic oxidation sites excluding steroid dienone is 1. The van der Waals surface area contributed by atoms with Crippen molar-refractivity contribution < 1.29 is 14.5 Å². The highest BCUT2D eigenvalue weighted by Crippen LogP contribution is 2.49. The number of carbonyl (C=O) groups excluding carboxylic acids is 1. The number of non-ortho nitro benzene ring substituents is 1. The Morgan fingerprint density at radius 3 is 2.76 bits per heavy atom. The summed E-state index contributed by atoms with van der Waals surface area (Å²) in [4.78, 5) is 22.1. The summed E-state index contributed by atoms with van der Waals surface area (Å²) in [5.74, 6) is -0.0157. The van der Waals surface area contributed by atoms with Crippen molar-refractivity contribution in [1.82, 2.24) is 0 Å². The third-order valence-electron chi connectivity index (χ3n) is 3.96. The molecule has 1 aromatic rings. The fourth-order valence-corrected chi connectivity index (χ4v) is 2.46. The van der Waals surface area contributed by atoms with Gasteiger partial charge in [-0.25, -0.2) is 4.79 Å². The van der Waals surface area contributed by atoms with Crippen LogP contribution in [0.1, 0.15) is 43.0 Å². The van der Waals surface area contributed by atoms with E-state index in [9.17, 15) is 14.9 Å². The molecule has 1 aliphatic carbocycles. The number of ether oxygens (including phenoxy) is 1. The predicted molar refractivity (Wildman–Crippen MR) is 79.1 cm³/mol. The number of unbranched alkanes of at least 4 members (excludes halogenated alkanes) is 1. The molecule has 5 nitrogen and oxygen atoms in total. The van der Waals surface area contributed by atoms with Crippen molar-refractivity contribution in [2.75, 3.05) is 0 Å². The van der Waals surface area contributed by atoms with Crippen LogP contribution in [0.3, 0.4) is 0 Å². The fraction of sp³-hybridized carbons (Fsp3) is 0.438. The Kier molecular flexibility index (Phi) is 4.40. The van der Waals surface area contributed by atoms with Gasteiger partial charge in [0.2, 0.25) is 0 Å². The van der Waals surface area contributed by atoms with E-state index in [2.05, 4.69) is 6.58 Å². The van der Waals surface area contributed by atoms with E-state index in [-0.39, 0.29) is 11.3 Å². The van der Waals surface area contributed by atoms with Crippen LogP contribution in [0.25, 0.3) is 0 Å². The minimum absolute atomic E-state index is 0.0357. The van der Waals surface area contributed by atoms with Crippen LogP contribution in [0.15, 0.2) is 36.9 Å². The van der Waals surface area contributed by atoms with E-state index >= 15 is 0 Å². The number of nitro groups is 1. The molecule has 0 bridgehead atoms. The smallest absolute Gasteiger partial charge is 0.338 e. The monoisotopic (exact) mass is 289 g/mol. The van der Waals surface area contributed by atoms with Crippen LogP contribution < -0.4 is 0 Å². The van der Waals surface area contributed by atoms with E-state index in [1.807, 2.05) is 13.0 Å². The number of benzene rings is 1. The second-order valence-electron chi connectivity index (χ2n) is 5.63. The van der Waals surface area contributed by atoms with Crippen molar-refractivity contribution in [3.05, 3.63) is 52.6 Å². The van der Waals surface area contributed by atoms with Crippen molar-refractivity contribution in [2.24, 2.45) is 5.92 Å². The van der Waals surface area contributed by atoms with Gasteiger partial charge in [-0.15, -0.1) is 6.58 Å². The number of rotatable bonds is 7. The summed E-state index contributed by atoms with van der Waals surface area (Å²) in [5.41, 5.74) is -0.0786. The van der Waals surface area contributed by atoms with Crippen molar-refractivity contribution in [3.8, 4) is 0 Å². The zero-order valence-electron chi connectivity index (χ0n) is 12.1. The topological polar surface area (TPSA) is 69.4 Å². The molecule has 5 heteroatoms. The van der Waals surface area contributed by atoms with Gasteiger partial charge in [0.25, 0.3) is 5.69 Å². The molecule has 0 heterocycles. The minimum atomic E-state index is -0.493. The van der Waals surface area contributed by atoms with Crippen LogP contribution in [0.4, 0.5) is 5.69 Å². The van der Waals surface area contributed by atoms with E-state index < -0.39 is 10.9 Å². The van der Waals surface area contributed by atoms with Crippen LogP contribution in [0, 0.1) is 16.0 Å². The van der Waals surface area contributed by atoms with Crippen LogP contribution in [-0.2, 0) is 4.74 Å². The van der Waals surface area contributed by atoms with Crippen molar-refractivity contribution in [3.63, 3.8) is 0 Å². The molecule has 112 valence electrons. The molecule has 0 saturated heterocycles. The molecule has 0 N–H and O–H groups in total. The Bertz CT molecular complexity index is 552. The summed E-state index contributed by atoms with van der Waals surface area (Å²) < 4.78 is 5.54. The summed E-state index contributed by atoms with van der Waals surface area (Å²) in [6.07, 6.45) is 5.82. The summed E-state index contributed by atoms with van der Waals surface area (Å²) in [5, 5.41) is 10.6. The lowest BCUT2D eigenvalue weighted by molar-refractivity contribution is -0.384. The number of nitro benzene ring substituents is 1. The zero-order valence-corrected chi connectivity index (χ0v) is 12.1. The molecule has 0 amide bonds. The van der Waals surface area contributed by atoms with Crippen LogP contribution in [-0.4, -0.2) is 16.5 Å². The Labute approximate surface area is 123 Å². The minimum Gasteiger partial charge on any atom is -0.455 e. The zero-order chi connectivity index (χ0) is 15.5.